The number of fused-ring (bicyclic) bond motifs is 7. The van der Waals surface area contributed by atoms with E-state index in [2.05, 4.69) is 34.6 Å². The van der Waals surface area contributed by atoms with Crippen molar-refractivity contribution in [2.24, 2.45) is 38.9 Å². The molecular weight excluding hydrogens is 852 g/mol. The molecule has 9 fully saturated rings. The van der Waals surface area contributed by atoms with Gasteiger partial charge in [-0.2, -0.15) is 0 Å². The van der Waals surface area contributed by atoms with E-state index >= 15 is 0 Å². The average Bonchev–Trinajstić information content (AvgIpc) is 3.24. The van der Waals surface area contributed by atoms with Crippen molar-refractivity contribution in [2.75, 3.05) is 13.2 Å². The molecule has 4 saturated carbocycles. The molecule has 5 saturated heterocycles. The Kier molecular flexibility index (Phi) is 12.0. The molecule has 1 spiro atoms. The Morgan fingerprint density at radius 1 is 0.677 bits per heavy atom. The molecule has 0 aromatic rings. The van der Waals surface area contributed by atoms with Gasteiger partial charge in [-0.3, -0.25) is 4.79 Å². The van der Waals surface area contributed by atoms with Crippen LogP contribution in [0.25, 0.3) is 0 Å². The summed E-state index contributed by atoms with van der Waals surface area (Å²) in [5, 5.41) is 110. The summed E-state index contributed by atoms with van der Waals surface area (Å²) in [6, 6.07) is 0. The lowest BCUT2D eigenvalue weighted by atomic mass is 9.33. The van der Waals surface area contributed by atoms with Gasteiger partial charge in [-0.1, -0.05) is 34.6 Å². The number of carbonyl (C=O) groups is 1. The second-order valence-electron chi connectivity index (χ2n) is 23.0. The van der Waals surface area contributed by atoms with Gasteiger partial charge in [0.05, 0.1) is 36.9 Å². The molecule has 370 valence electrons. The third-order valence-electron chi connectivity index (χ3n) is 19.6. The Hall–Kier alpha value is -1.43. The predicted octanol–water partition coefficient (Wildman–Crippen LogP) is 0.0534. The van der Waals surface area contributed by atoms with Crippen molar-refractivity contribution in [3.05, 3.63) is 11.1 Å². The van der Waals surface area contributed by atoms with Crippen molar-refractivity contribution in [3.8, 4) is 0 Å². The summed E-state index contributed by atoms with van der Waals surface area (Å²) in [5.74, 6) is -0.158. The first kappa shape index (κ1) is 48.6. The fourth-order valence-corrected chi connectivity index (χ4v) is 15.3. The molecule has 5 heterocycles. The van der Waals surface area contributed by atoms with E-state index in [0.717, 1.165) is 18.4 Å². The highest BCUT2D eigenvalue weighted by Gasteiger charge is 2.75. The molecule has 18 heteroatoms. The topological polar surface area (TPSA) is 284 Å². The minimum absolute atomic E-state index is 0.0582. The summed E-state index contributed by atoms with van der Waals surface area (Å²) in [6.07, 6.45) is -17.0. The maximum Gasteiger partial charge on any atom is 0.317 e. The van der Waals surface area contributed by atoms with Gasteiger partial charge < -0.3 is 84.2 Å². The van der Waals surface area contributed by atoms with Crippen LogP contribution in [0.5, 0.6) is 0 Å². The average molecular weight is 927 g/mol. The lowest BCUT2D eigenvalue weighted by molar-refractivity contribution is -0.388. The van der Waals surface area contributed by atoms with E-state index in [1.54, 1.807) is 6.92 Å². The molecule has 10 rings (SSSR count). The third-order valence-corrected chi connectivity index (χ3v) is 19.6. The fraction of sp³-hybridized carbons (Fsp3) is 0.936. The van der Waals surface area contributed by atoms with E-state index < -0.39 is 132 Å². The van der Waals surface area contributed by atoms with Gasteiger partial charge in [-0.05, 0) is 123 Å². The van der Waals surface area contributed by atoms with Crippen LogP contribution in [0.4, 0.5) is 0 Å². The van der Waals surface area contributed by atoms with E-state index in [-0.39, 0.29) is 35.2 Å². The van der Waals surface area contributed by atoms with E-state index in [1.165, 1.54) is 6.92 Å². The van der Waals surface area contributed by atoms with Crippen LogP contribution in [-0.4, -0.2) is 180 Å². The third kappa shape index (κ3) is 6.74. The summed E-state index contributed by atoms with van der Waals surface area (Å²) in [5.41, 5.74) is -3.57. The largest absolute Gasteiger partial charge is 0.455 e. The van der Waals surface area contributed by atoms with Gasteiger partial charge in [-0.25, -0.2) is 0 Å². The summed E-state index contributed by atoms with van der Waals surface area (Å²) in [6.45, 7) is 15.3. The van der Waals surface area contributed by atoms with Crippen LogP contribution in [0, 0.1) is 38.9 Å². The van der Waals surface area contributed by atoms with Crippen molar-refractivity contribution in [2.45, 2.75) is 223 Å². The van der Waals surface area contributed by atoms with E-state index in [4.69, 9.17) is 33.2 Å². The lowest BCUT2D eigenvalue weighted by Gasteiger charge is -2.73. The monoisotopic (exact) mass is 926 g/mol. The van der Waals surface area contributed by atoms with Crippen molar-refractivity contribution in [3.63, 3.8) is 0 Å². The van der Waals surface area contributed by atoms with Gasteiger partial charge in [0.15, 0.2) is 18.9 Å². The zero-order valence-corrected chi connectivity index (χ0v) is 38.9. The fourth-order valence-electron chi connectivity index (χ4n) is 15.3. The first-order valence-electron chi connectivity index (χ1n) is 23.9. The summed E-state index contributed by atoms with van der Waals surface area (Å²) in [4.78, 5) is 13.8. The normalized spacial score (nSPS) is 57.4. The molecule has 18 nitrogen and oxygen atoms in total. The molecule has 2 bridgehead atoms. The number of hydrogen-bond donors (Lipinski definition) is 10. The van der Waals surface area contributed by atoms with E-state index in [9.17, 15) is 55.9 Å². The Balaban J connectivity index is 1.01. The quantitative estimate of drug-likeness (QED) is 0.0918. The van der Waals surface area contributed by atoms with Crippen LogP contribution >= 0.6 is 0 Å². The van der Waals surface area contributed by atoms with Crippen molar-refractivity contribution in [1.82, 2.24) is 0 Å². The molecule has 24 atom stereocenters. The molecule has 10 N–H and O–H groups in total. The van der Waals surface area contributed by atoms with E-state index in [0.29, 0.717) is 50.5 Å². The predicted molar refractivity (Wildman–Crippen MR) is 224 cm³/mol. The van der Waals surface area contributed by atoms with Crippen LogP contribution in [0.2, 0.25) is 0 Å². The van der Waals surface area contributed by atoms with Gasteiger partial charge in [0.25, 0.3) is 0 Å². The molecular formula is C47H74O18. The Labute approximate surface area is 380 Å². The Morgan fingerprint density at radius 3 is 1.97 bits per heavy atom. The number of carbonyl (C=O) groups excluding carboxylic acids is 1. The Bertz CT molecular complexity index is 1880. The number of esters is 1. The minimum Gasteiger partial charge on any atom is -0.455 e. The van der Waals surface area contributed by atoms with Gasteiger partial charge in [0, 0.05) is 0 Å². The van der Waals surface area contributed by atoms with Crippen molar-refractivity contribution >= 4 is 5.97 Å². The molecule has 0 amide bonds. The maximum atomic E-state index is 13.8. The van der Waals surface area contributed by atoms with Gasteiger partial charge in [0.1, 0.15) is 72.2 Å². The highest BCUT2D eigenvalue weighted by Crippen LogP contribution is 2.77. The molecule has 0 aromatic heterocycles. The number of aliphatic hydroxyl groups is 10. The summed E-state index contributed by atoms with van der Waals surface area (Å²) >= 11 is 0. The number of aliphatic hydroxyl groups excluding tert-OH is 9. The van der Waals surface area contributed by atoms with Gasteiger partial charge in [0.2, 0.25) is 0 Å². The Morgan fingerprint density at radius 2 is 1.31 bits per heavy atom. The standard InChI is InChI=1S/C47H74O18/c1-20-28(51)30(53)32(55)37(60-20)64-35-34(63-38-33(56)31(54)29(52)23(18-48)61-38)22(50)19-59-39(35)62-26-10-11-42(4)24(41(26,2)3)9-12-43(5)25(42)17-21(49)27-36-46(8,58)45(7)14-16-47(36,40(57)65-45)15-13-44(27,43)6/h20-26,28-35,37-39,48-56,58H,9-19H2,1-8H3/t20-,21+,22-,23+,24-,25+,26-,28-,29+,30+,31-,32+,33+,34-,35+,37-,38-,39-,42-,43+,44+,45-,46-,47+/m0/s1. The first-order chi connectivity index (χ1) is 30.2. The molecule has 0 aromatic carbocycles. The second-order valence-corrected chi connectivity index (χ2v) is 23.0. The first-order valence-corrected chi connectivity index (χ1v) is 23.9. The molecule has 5 aliphatic heterocycles. The highest BCUT2D eigenvalue weighted by molar-refractivity contribution is 5.86. The molecule has 10 aliphatic rings. The lowest BCUT2D eigenvalue weighted by Crippen LogP contribution is -2.72. The van der Waals surface area contributed by atoms with Crippen LogP contribution in [0.1, 0.15) is 113 Å². The van der Waals surface area contributed by atoms with Crippen LogP contribution < -0.4 is 0 Å². The van der Waals surface area contributed by atoms with Crippen LogP contribution in [0.15, 0.2) is 11.1 Å². The van der Waals surface area contributed by atoms with Crippen molar-refractivity contribution < 1.29 is 89.0 Å². The molecule has 0 radical (unpaired) electrons. The second kappa shape index (κ2) is 16.0. The van der Waals surface area contributed by atoms with Crippen LogP contribution in [0.3, 0.4) is 0 Å². The zero-order valence-electron chi connectivity index (χ0n) is 38.9. The van der Waals surface area contributed by atoms with E-state index in [1.807, 2.05) is 6.92 Å². The minimum atomic E-state index is -1.82. The number of hydrogen-bond acceptors (Lipinski definition) is 18. The van der Waals surface area contributed by atoms with Crippen LogP contribution in [-0.2, 0) is 38.0 Å². The molecule has 5 aliphatic carbocycles. The number of ether oxygens (including phenoxy) is 7. The highest BCUT2D eigenvalue weighted by atomic mass is 16.8. The summed E-state index contributed by atoms with van der Waals surface area (Å²) in [7, 11) is 0. The van der Waals surface area contributed by atoms with Gasteiger partial charge in [-0.15, -0.1) is 0 Å². The number of rotatable bonds is 7. The smallest absolute Gasteiger partial charge is 0.317 e. The molecule has 65 heavy (non-hydrogen) atoms. The van der Waals surface area contributed by atoms with Gasteiger partial charge >= 0.3 is 5.97 Å². The SMILES string of the molecule is C[C@@H]1O[C@@H](O[C@H]2[C@H](O[C@H]3CC[C@]4(C)[C@H]5C[C@@H](O)C6=C7[C@]8(CC[C@](C)(OC8=O)[C@@]7(C)O)CC[C@@]6(C)[C@]5(C)CC[C@H]4C3(C)C)OC[C@H](O)[C@@H]2O[C@@H]2O[C@H](CO)[C@@H](O)[C@H](O)[C@H]2O)[C@H](O)[C@H](O)[C@H]1O. The molecule has 0 unspecified atom stereocenters. The maximum absolute atomic E-state index is 13.8. The van der Waals surface area contributed by atoms with Crippen molar-refractivity contribution in [1.29, 1.82) is 0 Å². The zero-order chi connectivity index (χ0) is 47.4. The summed E-state index contributed by atoms with van der Waals surface area (Å²) < 4.78 is 43.0.